The van der Waals surface area contributed by atoms with Crippen LogP contribution in [0.5, 0.6) is 0 Å². The van der Waals surface area contributed by atoms with Crippen LogP contribution in [0.4, 0.5) is 0 Å². The maximum absolute atomic E-state index is 5.46. The summed E-state index contributed by atoms with van der Waals surface area (Å²) >= 11 is 3.50. The topological polar surface area (TPSA) is 56.7 Å². The summed E-state index contributed by atoms with van der Waals surface area (Å²) in [5, 5.41) is 8.29. The smallest absolute Gasteiger partial charge is 0.0831 e. The Hall–Kier alpha value is -1.20. The predicted molar refractivity (Wildman–Crippen MR) is 71.1 cm³/mol. The molecular weight excluding hydrogens is 280 g/mol. The van der Waals surface area contributed by atoms with E-state index in [-0.39, 0.29) is 0 Å². The third kappa shape index (κ3) is 3.14. The van der Waals surface area contributed by atoms with Crippen LogP contribution in [0.25, 0.3) is 5.69 Å². The summed E-state index contributed by atoms with van der Waals surface area (Å²) in [6.45, 7) is 0.734. The van der Waals surface area contributed by atoms with E-state index in [0.717, 1.165) is 41.7 Å². The van der Waals surface area contributed by atoms with E-state index in [4.69, 9.17) is 5.73 Å². The highest BCUT2D eigenvalue weighted by atomic mass is 79.9. The molecule has 2 N–H and O–H groups in total. The van der Waals surface area contributed by atoms with Crippen molar-refractivity contribution in [2.45, 2.75) is 19.3 Å². The molecule has 5 heteroatoms. The summed E-state index contributed by atoms with van der Waals surface area (Å²) in [5.41, 5.74) is 7.47. The second-order valence-electron chi connectivity index (χ2n) is 3.85. The van der Waals surface area contributed by atoms with Gasteiger partial charge < -0.3 is 5.73 Å². The summed E-state index contributed by atoms with van der Waals surface area (Å²) in [7, 11) is 0. The van der Waals surface area contributed by atoms with Crippen molar-refractivity contribution in [1.82, 2.24) is 15.0 Å². The molecule has 0 aliphatic rings. The zero-order valence-corrected chi connectivity index (χ0v) is 11.1. The van der Waals surface area contributed by atoms with Crippen LogP contribution >= 0.6 is 15.9 Å². The minimum Gasteiger partial charge on any atom is -0.330 e. The third-order valence-electron chi connectivity index (χ3n) is 2.53. The molecule has 0 saturated carbocycles. The minimum atomic E-state index is 0.734. The van der Waals surface area contributed by atoms with E-state index in [2.05, 4.69) is 26.2 Å². The predicted octanol–water partition coefficient (Wildman–Crippen LogP) is 2.31. The second kappa shape index (κ2) is 5.93. The molecule has 17 heavy (non-hydrogen) atoms. The van der Waals surface area contributed by atoms with Crippen LogP contribution < -0.4 is 5.73 Å². The van der Waals surface area contributed by atoms with E-state index in [1.165, 1.54) is 0 Å². The van der Waals surface area contributed by atoms with Crippen LogP contribution in [0.3, 0.4) is 0 Å². The van der Waals surface area contributed by atoms with Gasteiger partial charge in [0.1, 0.15) is 0 Å². The molecule has 2 aromatic rings. The quantitative estimate of drug-likeness (QED) is 0.861. The fraction of sp³-hybridized carbons (Fsp3) is 0.333. The van der Waals surface area contributed by atoms with Crippen molar-refractivity contribution >= 4 is 15.9 Å². The zero-order valence-electron chi connectivity index (χ0n) is 9.51. The van der Waals surface area contributed by atoms with Gasteiger partial charge in [-0.25, -0.2) is 4.68 Å². The first-order chi connectivity index (χ1) is 8.31. The Morgan fingerprint density at radius 3 is 2.82 bits per heavy atom. The van der Waals surface area contributed by atoms with Crippen LogP contribution in [-0.4, -0.2) is 21.5 Å². The molecule has 0 spiro atoms. The van der Waals surface area contributed by atoms with Crippen molar-refractivity contribution in [3.05, 3.63) is 40.6 Å². The highest BCUT2D eigenvalue weighted by molar-refractivity contribution is 9.10. The lowest BCUT2D eigenvalue weighted by Crippen LogP contribution is -1.99. The van der Waals surface area contributed by atoms with Crippen molar-refractivity contribution in [3.63, 3.8) is 0 Å². The van der Waals surface area contributed by atoms with Crippen molar-refractivity contribution in [3.8, 4) is 5.69 Å². The fourth-order valence-corrected chi connectivity index (χ4v) is 2.09. The first kappa shape index (κ1) is 12.3. The number of benzene rings is 1. The van der Waals surface area contributed by atoms with Gasteiger partial charge in [-0.3, -0.25) is 0 Å². The summed E-state index contributed by atoms with van der Waals surface area (Å²) in [6.07, 6.45) is 4.99. The van der Waals surface area contributed by atoms with Gasteiger partial charge >= 0.3 is 0 Å². The Morgan fingerprint density at radius 1 is 1.24 bits per heavy atom. The SMILES string of the molecule is NCCCCc1cn(-c2ccccc2Br)nn1. The first-order valence-electron chi connectivity index (χ1n) is 5.67. The standard InChI is InChI=1S/C12H15BrN4/c13-11-6-1-2-7-12(11)17-9-10(15-16-17)5-3-4-8-14/h1-2,6-7,9H,3-5,8,14H2. The lowest BCUT2D eigenvalue weighted by Gasteiger charge is -2.01. The summed E-state index contributed by atoms with van der Waals surface area (Å²) in [6, 6.07) is 7.95. The Balaban J connectivity index is 2.10. The second-order valence-corrected chi connectivity index (χ2v) is 4.71. The van der Waals surface area contributed by atoms with Gasteiger partial charge in [0.2, 0.25) is 0 Å². The van der Waals surface area contributed by atoms with Gasteiger partial charge in [-0.2, -0.15) is 0 Å². The summed E-state index contributed by atoms with van der Waals surface area (Å²) < 4.78 is 2.81. The molecule has 0 aliphatic carbocycles. The van der Waals surface area contributed by atoms with Crippen LogP contribution in [0.1, 0.15) is 18.5 Å². The zero-order chi connectivity index (χ0) is 12.1. The molecule has 0 atom stereocenters. The van der Waals surface area contributed by atoms with Gasteiger partial charge in [-0.1, -0.05) is 17.3 Å². The molecule has 0 bridgehead atoms. The van der Waals surface area contributed by atoms with Gasteiger partial charge in [-0.15, -0.1) is 5.10 Å². The van der Waals surface area contributed by atoms with Crippen LogP contribution in [-0.2, 0) is 6.42 Å². The number of hydrogen-bond acceptors (Lipinski definition) is 3. The number of nitrogens with two attached hydrogens (primary N) is 1. The van der Waals surface area contributed by atoms with E-state index in [1.54, 1.807) is 4.68 Å². The Kier molecular flexibility index (Phi) is 4.28. The molecule has 0 amide bonds. The average molecular weight is 295 g/mol. The van der Waals surface area contributed by atoms with Crippen molar-refractivity contribution in [1.29, 1.82) is 0 Å². The highest BCUT2D eigenvalue weighted by Crippen LogP contribution is 2.19. The molecule has 2 rings (SSSR count). The summed E-state index contributed by atoms with van der Waals surface area (Å²) in [4.78, 5) is 0. The van der Waals surface area contributed by atoms with Gasteiger partial charge in [0.25, 0.3) is 0 Å². The van der Waals surface area contributed by atoms with E-state index < -0.39 is 0 Å². The van der Waals surface area contributed by atoms with E-state index >= 15 is 0 Å². The normalized spacial score (nSPS) is 10.7. The number of halogens is 1. The fourth-order valence-electron chi connectivity index (χ4n) is 1.62. The largest absolute Gasteiger partial charge is 0.330 e. The Labute approximate surface area is 109 Å². The monoisotopic (exact) mass is 294 g/mol. The van der Waals surface area contributed by atoms with E-state index in [1.807, 2.05) is 30.5 Å². The minimum absolute atomic E-state index is 0.734. The number of hydrogen-bond donors (Lipinski definition) is 1. The van der Waals surface area contributed by atoms with Crippen molar-refractivity contribution < 1.29 is 0 Å². The van der Waals surface area contributed by atoms with Gasteiger partial charge in [0.05, 0.1) is 17.6 Å². The molecule has 0 unspecified atom stereocenters. The van der Waals surface area contributed by atoms with Gasteiger partial charge in [0, 0.05) is 4.47 Å². The lowest BCUT2D eigenvalue weighted by molar-refractivity contribution is 0.727. The van der Waals surface area contributed by atoms with Crippen molar-refractivity contribution in [2.75, 3.05) is 6.54 Å². The van der Waals surface area contributed by atoms with Crippen molar-refractivity contribution in [2.24, 2.45) is 5.73 Å². The molecule has 1 aromatic carbocycles. The molecule has 0 fully saturated rings. The number of aryl methyl sites for hydroxylation is 1. The molecule has 4 nitrogen and oxygen atoms in total. The molecule has 1 heterocycles. The maximum atomic E-state index is 5.46. The van der Waals surface area contributed by atoms with E-state index in [0.29, 0.717) is 0 Å². The number of para-hydroxylation sites is 1. The number of unbranched alkanes of at least 4 members (excludes halogenated alkanes) is 1. The number of nitrogens with zero attached hydrogens (tertiary/aromatic N) is 3. The van der Waals surface area contributed by atoms with Crippen LogP contribution in [0.15, 0.2) is 34.9 Å². The molecule has 1 aromatic heterocycles. The molecule has 90 valence electrons. The molecule has 0 radical (unpaired) electrons. The lowest BCUT2D eigenvalue weighted by atomic mass is 10.2. The maximum Gasteiger partial charge on any atom is 0.0831 e. The molecule has 0 saturated heterocycles. The summed E-state index contributed by atoms with van der Waals surface area (Å²) in [5.74, 6) is 0. The Morgan fingerprint density at radius 2 is 2.06 bits per heavy atom. The van der Waals surface area contributed by atoms with Crippen LogP contribution in [0.2, 0.25) is 0 Å². The average Bonchev–Trinajstić information content (AvgIpc) is 2.79. The number of aromatic nitrogens is 3. The van der Waals surface area contributed by atoms with E-state index in [9.17, 15) is 0 Å². The van der Waals surface area contributed by atoms with Crippen LogP contribution in [0, 0.1) is 0 Å². The molecule has 0 aliphatic heterocycles. The third-order valence-corrected chi connectivity index (χ3v) is 3.20. The number of rotatable bonds is 5. The highest BCUT2D eigenvalue weighted by Gasteiger charge is 2.05. The molecular formula is C12H15BrN4. The first-order valence-corrected chi connectivity index (χ1v) is 6.47. The Bertz CT molecular complexity index is 481. The van der Waals surface area contributed by atoms with Gasteiger partial charge in [-0.05, 0) is 53.9 Å². The van der Waals surface area contributed by atoms with Gasteiger partial charge in [0.15, 0.2) is 0 Å².